The molecule has 2 aromatic rings. The van der Waals surface area contributed by atoms with Gasteiger partial charge >= 0.3 is 0 Å². The quantitative estimate of drug-likeness (QED) is 0.922. The third kappa shape index (κ3) is 2.81. The molecule has 0 atom stereocenters. The van der Waals surface area contributed by atoms with Crippen LogP contribution < -0.4 is 10.1 Å². The Morgan fingerprint density at radius 3 is 2.89 bits per heavy atom. The average Bonchev–Trinajstić information content (AvgIpc) is 2.83. The Morgan fingerprint density at radius 2 is 2.33 bits per heavy atom. The van der Waals surface area contributed by atoms with Crippen molar-refractivity contribution in [2.45, 2.75) is 6.54 Å². The number of pyridine rings is 1. The molecule has 0 fully saturated rings. The van der Waals surface area contributed by atoms with Crippen LogP contribution in [-0.4, -0.2) is 18.0 Å². The number of halogens is 1. The number of rotatable bonds is 4. The second kappa shape index (κ2) is 5.55. The maximum atomic E-state index is 11.7. The highest BCUT2D eigenvalue weighted by Crippen LogP contribution is 2.16. The van der Waals surface area contributed by atoms with Crippen LogP contribution in [-0.2, 0) is 6.54 Å². The highest BCUT2D eigenvalue weighted by Gasteiger charge is 2.12. The van der Waals surface area contributed by atoms with Crippen molar-refractivity contribution < 1.29 is 13.9 Å². The second-order valence-corrected chi connectivity index (χ2v) is 3.84. The van der Waals surface area contributed by atoms with Gasteiger partial charge in [-0.2, -0.15) is 0 Å². The summed E-state index contributed by atoms with van der Waals surface area (Å²) in [6, 6.07) is 5.07. The normalized spacial score (nSPS) is 10.1. The van der Waals surface area contributed by atoms with Crippen molar-refractivity contribution >= 4 is 17.5 Å². The molecule has 5 nitrogen and oxygen atoms in total. The first kappa shape index (κ1) is 12.4. The van der Waals surface area contributed by atoms with Crippen molar-refractivity contribution in [3.63, 3.8) is 0 Å². The van der Waals surface area contributed by atoms with E-state index in [1.54, 1.807) is 19.4 Å². The number of methoxy groups -OCH3 is 1. The average molecular weight is 267 g/mol. The van der Waals surface area contributed by atoms with E-state index in [0.29, 0.717) is 18.0 Å². The van der Waals surface area contributed by atoms with Gasteiger partial charge in [0, 0.05) is 18.8 Å². The number of ether oxygens (including phenoxy) is 1. The molecule has 0 aliphatic heterocycles. The van der Waals surface area contributed by atoms with Gasteiger partial charge in [-0.15, -0.1) is 0 Å². The van der Waals surface area contributed by atoms with E-state index >= 15 is 0 Å². The molecule has 0 bridgehead atoms. The van der Waals surface area contributed by atoms with Gasteiger partial charge in [-0.25, -0.2) is 4.98 Å². The van der Waals surface area contributed by atoms with E-state index < -0.39 is 0 Å². The van der Waals surface area contributed by atoms with Gasteiger partial charge in [-0.05, 0) is 23.2 Å². The van der Waals surface area contributed by atoms with Gasteiger partial charge in [0.1, 0.15) is 0 Å². The van der Waals surface area contributed by atoms with Crippen LogP contribution in [0.25, 0.3) is 0 Å². The zero-order chi connectivity index (χ0) is 13.0. The molecule has 18 heavy (non-hydrogen) atoms. The Kier molecular flexibility index (Phi) is 3.84. The van der Waals surface area contributed by atoms with Crippen molar-refractivity contribution in [3.8, 4) is 5.88 Å². The second-order valence-electron chi connectivity index (χ2n) is 3.50. The molecule has 0 aromatic carbocycles. The van der Waals surface area contributed by atoms with Crippen LogP contribution in [0.4, 0.5) is 0 Å². The van der Waals surface area contributed by atoms with Gasteiger partial charge in [0.05, 0.1) is 18.9 Å². The minimum absolute atomic E-state index is 0.0837. The number of carbonyl (C=O) groups excluding carboxylic acids is 1. The zero-order valence-electron chi connectivity index (χ0n) is 9.64. The van der Waals surface area contributed by atoms with Crippen LogP contribution in [0.5, 0.6) is 5.88 Å². The molecule has 94 valence electrons. The fraction of sp³-hybridized carbons (Fsp3) is 0.167. The number of hydrogen-bond acceptors (Lipinski definition) is 4. The molecule has 0 aliphatic rings. The Hall–Kier alpha value is -2.01. The fourth-order valence-electron chi connectivity index (χ4n) is 1.37. The summed E-state index contributed by atoms with van der Waals surface area (Å²) in [7, 11) is 1.55. The largest absolute Gasteiger partial charge is 0.481 e. The number of hydrogen-bond donors (Lipinski definition) is 1. The molecule has 2 rings (SSSR count). The zero-order valence-corrected chi connectivity index (χ0v) is 10.4. The summed E-state index contributed by atoms with van der Waals surface area (Å²) in [5, 5.41) is 2.80. The van der Waals surface area contributed by atoms with Gasteiger partial charge < -0.3 is 14.5 Å². The lowest BCUT2D eigenvalue weighted by Crippen LogP contribution is -2.22. The molecule has 1 amide bonds. The molecule has 0 saturated heterocycles. The molecule has 0 saturated carbocycles. The predicted molar refractivity (Wildman–Crippen MR) is 65.7 cm³/mol. The van der Waals surface area contributed by atoms with Gasteiger partial charge in [0.2, 0.25) is 11.1 Å². The number of amides is 1. The SMILES string of the molecule is COc1ccc(CNC(=O)c2ccoc2Cl)cn1. The van der Waals surface area contributed by atoms with Crippen molar-refractivity contribution in [1.29, 1.82) is 0 Å². The van der Waals surface area contributed by atoms with Crippen LogP contribution in [0.3, 0.4) is 0 Å². The minimum Gasteiger partial charge on any atom is -0.481 e. The van der Waals surface area contributed by atoms with Crippen LogP contribution in [0.15, 0.2) is 35.1 Å². The van der Waals surface area contributed by atoms with E-state index in [2.05, 4.69) is 10.3 Å². The first-order chi connectivity index (χ1) is 8.70. The van der Waals surface area contributed by atoms with Gasteiger partial charge in [-0.3, -0.25) is 4.79 Å². The highest BCUT2D eigenvalue weighted by molar-refractivity contribution is 6.32. The predicted octanol–water partition coefficient (Wildman–Crippen LogP) is 2.27. The molecular weight excluding hydrogens is 256 g/mol. The lowest BCUT2D eigenvalue weighted by molar-refractivity contribution is 0.0950. The molecule has 0 aliphatic carbocycles. The molecule has 0 unspecified atom stereocenters. The standard InChI is InChI=1S/C12H11ClN2O3/c1-17-10-3-2-8(6-14-10)7-15-12(16)9-4-5-18-11(9)13/h2-6H,7H2,1H3,(H,15,16). The van der Waals surface area contributed by atoms with E-state index in [1.807, 2.05) is 6.07 Å². The summed E-state index contributed by atoms with van der Waals surface area (Å²) in [6.45, 7) is 0.358. The first-order valence-corrected chi connectivity index (χ1v) is 5.58. The van der Waals surface area contributed by atoms with E-state index in [9.17, 15) is 4.79 Å². The van der Waals surface area contributed by atoms with Gasteiger partial charge in [0.25, 0.3) is 5.91 Å². The van der Waals surface area contributed by atoms with Gasteiger partial charge in [0.15, 0.2) is 0 Å². The van der Waals surface area contributed by atoms with E-state index in [0.717, 1.165) is 5.56 Å². The maximum Gasteiger partial charge on any atom is 0.256 e. The lowest BCUT2D eigenvalue weighted by atomic mass is 10.2. The Balaban J connectivity index is 1.95. The summed E-state index contributed by atoms with van der Waals surface area (Å²) < 4.78 is 9.78. The van der Waals surface area contributed by atoms with Crippen LogP contribution in [0.1, 0.15) is 15.9 Å². The lowest BCUT2D eigenvalue weighted by Gasteiger charge is -2.04. The first-order valence-electron chi connectivity index (χ1n) is 5.21. The summed E-state index contributed by atoms with van der Waals surface area (Å²) in [4.78, 5) is 15.8. The third-order valence-corrected chi connectivity index (χ3v) is 2.62. The van der Waals surface area contributed by atoms with Crippen molar-refractivity contribution in [2.24, 2.45) is 0 Å². The van der Waals surface area contributed by atoms with E-state index in [-0.39, 0.29) is 11.1 Å². The van der Waals surface area contributed by atoms with Crippen LogP contribution in [0, 0.1) is 0 Å². The fourth-order valence-corrected chi connectivity index (χ4v) is 1.57. The Bertz CT molecular complexity index is 537. The third-order valence-electron chi connectivity index (χ3n) is 2.32. The number of nitrogens with one attached hydrogen (secondary N) is 1. The number of aromatic nitrogens is 1. The molecule has 2 heterocycles. The van der Waals surface area contributed by atoms with Crippen molar-refractivity contribution in [1.82, 2.24) is 10.3 Å². The summed E-state index contributed by atoms with van der Waals surface area (Å²) in [5.41, 5.74) is 1.18. The number of nitrogens with zero attached hydrogens (tertiary/aromatic N) is 1. The minimum atomic E-state index is -0.287. The maximum absolute atomic E-state index is 11.7. The Morgan fingerprint density at radius 1 is 1.50 bits per heavy atom. The molecule has 0 radical (unpaired) electrons. The molecule has 1 N–H and O–H groups in total. The van der Waals surface area contributed by atoms with Crippen molar-refractivity contribution in [2.75, 3.05) is 7.11 Å². The topological polar surface area (TPSA) is 64.4 Å². The monoisotopic (exact) mass is 266 g/mol. The summed E-state index contributed by atoms with van der Waals surface area (Å²) >= 11 is 5.70. The Labute approximate surface area is 109 Å². The number of furan rings is 1. The smallest absolute Gasteiger partial charge is 0.256 e. The van der Waals surface area contributed by atoms with Crippen LogP contribution in [0.2, 0.25) is 5.22 Å². The molecule has 0 spiro atoms. The van der Waals surface area contributed by atoms with Crippen molar-refractivity contribution in [3.05, 3.63) is 47.0 Å². The summed E-state index contributed by atoms with van der Waals surface area (Å²) in [6.07, 6.45) is 3.00. The van der Waals surface area contributed by atoms with E-state index in [4.69, 9.17) is 20.8 Å². The molecular formula is C12H11ClN2O3. The van der Waals surface area contributed by atoms with Crippen LogP contribution >= 0.6 is 11.6 Å². The summed E-state index contributed by atoms with van der Waals surface area (Å²) in [5.74, 6) is 0.243. The van der Waals surface area contributed by atoms with E-state index in [1.165, 1.54) is 12.3 Å². The molecule has 6 heteroatoms. The highest BCUT2D eigenvalue weighted by atomic mass is 35.5. The molecule has 2 aromatic heterocycles. The number of carbonyl (C=O) groups is 1. The van der Waals surface area contributed by atoms with Gasteiger partial charge in [-0.1, -0.05) is 6.07 Å².